The van der Waals surface area contributed by atoms with Crippen LogP contribution in [0.2, 0.25) is 0 Å². The summed E-state index contributed by atoms with van der Waals surface area (Å²) in [5, 5.41) is 12.1. The molecule has 1 aromatic carbocycles. The van der Waals surface area contributed by atoms with Crippen molar-refractivity contribution in [2.75, 3.05) is 20.8 Å². The summed E-state index contributed by atoms with van der Waals surface area (Å²) in [7, 11) is 3.11. The van der Waals surface area contributed by atoms with Gasteiger partial charge in [-0.1, -0.05) is 63.6 Å². The third-order valence-electron chi connectivity index (χ3n) is 13.6. The summed E-state index contributed by atoms with van der Waals surface area (Å²) >= 11 is 0. The molecule has 13 atom stereocenters. The van der Waals surface area contributed by atoms with Gasteiger partial charge in [0.25, 0.3) is 11.7 Å². The lowest BCUT2D eigenvalue weighted by molar-refractivity contribution is -0.302. The van der Waals surface area contributed by atoms with Crippen molar-refractivity contribution in [3.8, 4) is 5.75 Å². The number of allylic oxidation sites excluding steroid dienone is 3. The molecule has 3 aliphatic heterocycles. The van der Waals surface area contributed by atoms with E-state index in [9.17, 15) is 24.3 Å². The largest absolute Gasteiger partial charge is 0.489 e. The SMILES string of the molecule is CCC1/C=C(\C)CC(C)CC(OC)C2OC(O)(C(=O)C(=O)N3CCCCC3C(=O)OC(C(C)=CC3CCC(Oc4ccccc4)C(N)C3)C(C)CCC1=O)C(C)CC2OC. The third-order valence-corrected chi connectivity index (χ3v) is 13.6. The number of benzene rings is 1. The Balaban J connectivity index is 1.46. The first-order valence-electron chi connectivity index (χ1n) is 22.5. The van der Waals surface area contributed by atoms with E-state index in [0.717, 1.165) is 29.7 Å². The van der Waals surface area contributed by atoms with Crippen molar-refractivity contribution in [2.24, 2.45) is 35.3 Å². The fraction of sp³-hybridized carbons (Fsp3) is 0.708. The van der Waals surface area contributed by atoms with Gasteiger partial charge in [-0.2, -0.15) is 0 Å². The van der Waals surface area contributed by atoms with Gasteiger partial charge in [-0.15, -0.1) is 0 Å². The third kappa shape index (κ3) is 11.5. The van der Waals surface area contributed by atoms with Crippen LogP contribution in [0.1, 0.15) is 119 Å². The van der Waals surface area contributed by atoms with Crippen LogP contribution in [0.3, 0.4) is 0 Å². The van der Waals surface area contributed by atoms with Gasteiger partial charge < -0.3 is 39.4 Å². The molecule has 2 bridgehead atoms. The summed E-state index contributed by atoms with van der Waals surface area (Å²) in [6.07, 6.45) is 8.25. The van der Waals surface area contributed by atoms with E-state index in [1.807, 2.05) is 58.0 Å². The summed E-state index contributed by atoms with van der Waals surface area (Å²) in [6.45, 7) is 11.9. The number of cyclic esters (lactones) is 1. The molecule has 60 heavy (non-hydrogen) atoms. The molecule has 12 nitrogen and oxygen atoms in total. The van der Waals surface area contributed by atoms with E-state index in [-0.39, 0.29) is 54.6 Å². The Hall–Kier alpha value is -3.42. The molecule has 0 radical (unpaired) electrons. The van der Waals surface area contributed by atoms with Gasteiger partial charge in [-0.25, -0.2) is 4.79 Å². The lowest BCUT2D eigenvalue weighted by atomic mass is 9.81. The molecular weight excluding hydrogens is 765 g/mol. The number of carbonyl (C=O) groups excluding carboxylic acids is 4. The number of fused-ring (bicyclic) bond motifs is 3. The highest BCUT2D eigenvalue weighted by Crippen LogP contribution is 2.39. The molecule has 0 spiro atoms. The first kappa shape index (κ1) is 47.6. The van der Waals surface area contributed by atoms with E-state index in [2.05, 4.69) is 19.1 Å². The molecule has 4 aliphatic rings. The molecular formula is C48H72N2O10. The minimum absolute atomic E-state index is 0.0904. The van der Waals surface area contributed by atoms with Gasteiger partial charge in [-0.3, -0.25) is 14.4 Å². The van der Waals surface area contributed by atoms with Crippen LogP contribution in [0.4, 0.5) is 0 Å². The van der Waals surface area contributed by atoms with Gasteiger partial charge in [0.2, 0.25) is 5.79 Å². The maximum atomic E-state index is 14.4. The minimum Gasteiger partial charge on any atom is -0.489 e. The second-order valence-corrected chi connectivity index (χ2v) is 18.3. The Kier molecular flexibility index (Phi) is 17.1. The standard InChI is InChI=1S/C48H72N2O10/c1-9-35-24-29(2)23-30(3)25-41(56-7)44-42(57-8)27-33(6)48(55,60-44)45(52)46(53)50-22-14-13-17-38(50)47(54)59-43(31(4)18-20-39(35)51)32(5)26-34-19-21-40(37(49)28-34)58-36-15-11-10-12-16-36/h10-12,15-16,24,26,30-31,33-35,37-38,40-44,55H,9,13-14,17-23,25,27-28,49H2,1-8H3/b29-24+,32-26?. The van der Waals surface area contributed by atoms with Gasteiger partial charge in [-0.05, 0) is 120 Å². The van der Waals surface area contributed by atoms with Crippen molar-refractivity contribution < 1.29 is 48.0 Å². The summed E-state index contributed by atoms with van der Waals surface area (Å²) in [5.74, 6) is -5.32. The Bertz CT molecular complexity index is 1680. The van der Waals surface area contributed by atoms with Crippen LogP contribution in [0.5, 0.6) is 5.75 Å². The zero-order valence-electron chi connectivity index (χ0n) is 37.3. The summed E-state index contributed by atoms with van der Waals surface area (Å²) in [4.78, 5) is 58.1. The number of aliphatic hydroxyl groups is 1. The van der Waals surface area contributed by atoms with Crippen molar-refractivity contribution in [3.63, 3.8) is 0 Å². The topological polar surface area (TPSA) is 164 Å². The number of nitrogens with zero attached hydrogens (tertiary/aromatic N) is 1. The number of piperidine rings is 1. The molecule has 3 N–H and O–H groups in total. The van der Waals surface area contributed by atoms with Gasteiger partial charge in [0.05, 0.1) is 12.2 Å². The van der Waals surface area contributed by atoms with Crippen LogP contribution in [0.15, 0.2) is 53.6 Å². The van der Waals surface area contributed by atoms with E-state index in [0.29, 0.717) is 57.8 Å². The number of ketones is 2. The number of rotatable bonds is 7. The van der Waals surface area contributed by atoms with E-state index in [4.69, 9.17) is 29.4 Å². The Morgan fingerprint density at radius 3 is 2.32 bits per heavy atom. The number of esters is 1. The number of Topliss-reactive ketones (excluding diaryl/α,β-unsaturated/α-hetero) is 2. The van der Waals surface area contributed by atoms with Crippen LogP contribution >= 0.6 is 0 Å². The summed E-state index contributed by atoms with van der Waals surface area (Å²) < 4.78 is 30.7. The first-order chi connectivity index (χ1) is 28.6. The fourth-order valence-corrected chi connectivity index (χ4v) is 10.0. The quantitative estimate of drug-likeness (QED) is 0.167. The lowest BCUT2D eigenvalue weighted by Gasteiger charge is -2.47. The molecule has 2 saturated heterocycles. The van der Waals surface area contributed by atoms with Crippen molar-refractivity contribution in [2.45, 2.75) is 167 Å². The number of para-hydroxylation sites is 1. The normalized spacial score (nSPS) is 38.2. The predicted molar refractivity (Wildman–Crippen MR) is 229 cm³/mol. The average Bonchev–Trinajstić information content (AvgIpc) is 3.23. The molecule has 3 fully saturated rings. The van der Waals surface area contributed by atoms with Crippen LogP contribution in [0, 0.1) is 29.6 Å². The van der Waals surface area contributed by atoms with Gasteiger partial charge in [0, 0.05) is 45.1 Å². The van der Waals surface area contributed by atoms with Gasteiger partial charge in [0.1, 0.15) is 35.9 Å². The smallest absolute Gasteiger partial charge is 0.329 e. The highest BCUT2D eigenvalue weighted by molar-refractivity contribution is 6.39. The number of hydrogen-bond donors (Lipinski definition) is 2. The number of amides is 1. The highest BCUT2D eigenvalue weighted by Gasteiger charge is 2.56. The Morgan fingerprint density at radius 1 is 0.950 bits per heavy atom. The summed E-state index contributed by atoms with van der Waals surface area (Å²) in [5.41, 5.74) is 8.62. The molecule has 1 amide bonds. The van der Waals surface area contributed by atoms with Crippen LogP contribution in [-0.4, -0.2) is 103 Å². The predicted octanol–water partition coefficient (Wildman–Crippen LogP) is 6.90. The molecule has 1 saturated carbocycles. The summed E-state index contributed by atoms with van der Waals surface area (Å²) in [6, 6.07) is 8.45. The molecule has 12 heteroatoms. The second-order valence-electron chi connectivity index (χ2n) is 18.3. The van der Waals surface area contributed by atoms with E-state index < -0.39 is 59.8 Å². The first-order valence-corrected chi connectivity index (χ1v) is 22.5. The number of ether oxygens (including phenoxy) is 5. The fourth-order valence-electron chi connectivity index (χ4n) is 10.0. The molecule has 3 heterocycles. The minimum atomic E-state index is -2.46. The molecule has 5 rings (SSSR count). The molecule has 0 aromatic heterocycles. The average molecular weight is 837 g/mol. The number of carbonyl (C=O) groups is 4. The van der Waals surface area contributed by atoms with Crippen molar-refractivity contribution in [1.82, 2.24) is 4.90 Å². The van der Waals surface area contributed by atoms with Crippen molar-refractivity contribution in [3.05, 3.63) is 53.6 Å². The van der Waals surface area contributed by atoms with E-state index >= 15 is 0 Å². The molecule has 13 unspecified atom stereocenters. The lowest BCUT2D eigenvalue weighted by Crippen LogP contribution is -2.64. The molecule has 334 valence electrons. The molecule has 1 aromatic rings. The maximum Gasteiger partial charge on any atom is 0.329 e. The number of methoxy groups -OCH3 is 2. The van der Waals surface area contributed by atoms with Crippen LogP contribution in [-0.2, 0) is 38.1 Å². The highest BCUT2D eigenvalue weighted by atomic mass is 16.7. The maximum absolute atomic E-state index is 14.4. The van der Waals surface area contributed by atoms with E-state index in [1.54, 1.807) is 21.1 Å². The Morgan fingerprint density at radius 2 is 1.65 bits per heavy atom. The monoisotopic (exact) mass is 837 g/mol. The zero-order valence-corrected chi connectivity index (χ0v) is 37.3. The van der Waals surface area contributed by atoms with E-state index in [1.165, 1.54) is 4.90 Å². The van der Waals surface area contributed by atoms with Gasteiger partial charge in [0.15, 0.2) is 0 Å². The van der Waals surface area contributed by atoms with Crippen molar-refractivity contribution >= 4 is 23.4 Å². The second kappa shape index (κ2) is 21.6. The Labute approximate surface area is 357 Å². The van der Waals surface area contributed by atoms with Gasteiger partial charge >= 0.3 is 5.97 Å². The van der Waals surface area contributed by atoms with Crippen molar-refractivity contribution in [1.29, 1.82) is 0 Å². The number of nitrogens with two attached hydrogens (primary N) is 1. The zero-order chi connectivity index (χ0) is 43.7. The molecule has 1 aliphatic carbocycles. The van der Waals surface area contributed by atoms with Crippen LogP contribution < -0.4 is 10.5 Å². The van der Waals surface area contributed by atoms with Crippen LogP contribution in [0.25, 0.3) is 0 Å². The number of hydrogen-bond acceptors (Lipinski definition) is 11.